The third kappa shape index (κ3) is 2.68. The topological polar surface area (TPSA) is 101 Å². The summed E-state index contributed by atoms with van der Waals surface area (Å²) < 4.78 is 52.2. The Morgan fingerprint density at radius 3 is 2.58 bits per heavy atom. The lowest BCUT2D eigenvalue weighted by Crippen LogP contribution is -2.15. The number of hydrogen-bond donors (Lipinski definition) is 3. The number of aromatic amines is 1. The molecule has 0 aliphatic carbocycles. The number of anilines is 2. The summed E-state index contributed by atoms with van der Waals surface area (Å²) in [6.07, 6.45) is 0.979. The van der Waals surface area contributed by atoms with Crippen molar-refractivity contribution in [2.75, 3.05) is 10.5 Å². The van der Waals surface area contributed by atoms with E-state index in [1.165, 1.54) is 0 Å². The van der Waals surface area contributed by atoms with Crippen LogP contribution in [0.5, 0.6) is 0 Å². The number of halogens is 3. The van der Waals surface area contributed by atoms with E-state index in [9.17, 15) is 17.2 Å². The Morgan fingerprint density at radius 2 is 2.05 bits per heavy atom. The minimum atomic E-state index is -4.12. The van der Waals surface area contributed by atoms with Crippen molar-refractivity contribution in [3.8, 4) is 0 Å². The van der Waals surface area contributed by atoms with Crippen LogP contribution in [0.4, 0.5) is 20.3 Å². The Labute approximate surface area is 115 Å². The fourth-order valence-corrected chi connectivity index (χ4v) is 3.08. The van der Waals surface area contributed by atoms with Gasteiger partial charge in [-0.1, -0.05) is 0 Å². The number of rotatable bonds is 3. The molecule has 10 heteroatoms. The number of aromatic nitrogens is 2. The lowest BCUT2D eigenvalue weighted by atomic mass is 10.3. The minimum Gasteiger partial charge on any atom is -0.383 e. The normalized spacial score (nSPS) is 11.5. The molecule has 19 heavy (non-hydrogen) atoms. The van der Waals surface area contributed by atoms with Gasteiger partial charge in [-0.05, 0) is 22.0 Å². The van der Waals surface area contributed by atoms with Crippen molar-refractivity contribution in [2.45, 2.75) is 4.90 Å². The third-order valence-electron chi connectivity index (χ3n) is 2.17. The predicted octanol–water partition coefficient (Wildman–Crippen LogP) is 1.83. The molecule has 6 nitrogen and oxygen atoms in total. The molecule has 2 rings (SSSR count). The van der Waals surface area contributed by atoms with Crippen LogP contribution in [-0.4, -0.2) is 18.6 Å². The maximum atomic E-state index is 13.5. The van der Waals surface area contributed by atoms with E-state index in [0.29, 0.717) is 6.07 Å². The number of sulfonamides is 1. The van der Waals surface area contributed by atoms with Gasteiger partial charge in [0.1, 0.15) is 16.5 Å². The number of H-pyrrole nitrogens is 1. The molecule has 4 N–H and O–H groups in total. The van der Waals surface area contributed by atoms with Crippen LogP contribution in [0.15, 0.2) is 27.7 Å². The van der Waals surface area contributed by atoms with Crippen LogP contribution >= 0.6 is 15.9 Å². The molecule has 0 saturated carbocycles. The summed E-state index contributed by atoms with van der Waals surface area (Å²) in [5.74, 6) is -2.08. The molecule has 0 aliphatic heterocycles. The molecular weight excluding hydrogens is 346 g/mol. The van der Waals surface area contributed by atoms with E-state index in [4.69, 9.17) is 5.73 Å². The monoisotopic (exact) mass is 352 g/mol. The van der Waals surface area contributed by atoms with Gasteiger partial charge in [0.05, 0.1) is 11.9 Å². The number of nitrogens with one attached hydrogen (secondary N) is 2. The third-order valence-corrected chi connectivity index (χ3v) is 4.17. The Hall–Kier alpha value is -1.68. The van der Waals surface area contributed by atoms with Gasteiger partial charge in [0.2, 0.25) is 0 Å². The van der Waals surface area contributed by atoms with Crippen LogP contribution in [0, 0.1) is 11.6 Å². The molecular formula is C9H7BrF2N4O2S. The second kappa shape index (κ2) is 4.78. The summed E-state index contributed by atoms with van der Waals surface area (Å²) in [4.78, 5) is -0.330. The fourth-order valence-electron chi connectivity index (χ4n) is 1.33. The molecule has 0 radical (unpaired) electrons. The molecule has 0 amide bonds. The Morgan fingerprint density at radius 1 is 1.37 bits per heavy atom. The summed E-state index contributed by atoms with van der Waals surface area (Å²) >= 11 is 2.87. The van der Waals surface area contributed by atoms with Crippen LogP contribution in [0.25, 0.3) is 0 Å². The van der Waals surface area contributed by atoms with Gasteiger partial charge in [0.15, 0.2) is 5.82 Å². The average Bonchev–Trinajstić information content (AvgIpc) is 2.70. The van der Waals surface area contributed by atoms with Gasteiger partial charge in [0.25, 0.3) is 10.0 Å². The van der Waals surface area contributed by atoms with Crippen molar-refractivity contribution in [3.05, 3.63) is 34.4 Å². The number of hydrogen-bond acceptors (Lipinski definition) is 4. The largest absolute Gasteiger partial charge is 0.383 e. The molecule has 1 aromatic heterocycles. The van der Waals surface area contributed by atoms with E-state index in [2.05, 4.69) is 26.1 Å². The number of nitrogens with zero attached hydrogens (tertiary/aromatic N) is 1. The maximum Gasteiger partial charge on any atom is 0.267 e. The zero-order valence-electron chi connectivity index (χ0n) is 9.12. The van der Waals surface area contributed by atoms with Crippen LogP contribution < -0.4 is 10.5 Å². The average molecular weight is 353 g/mol. The van der Waals surface area contributed by atoms with E-state index in [1.807, 2.05) is 4.72 Å². The minimum absolute atomic E-state index is 0.0735. The molecule has 102 valence electrons. The van der Waals surface area contributed by atoms with Gasteiger partial charge in [-0.25, -0.2) is 17.2 Å². The highest BCUT2D eigenvalue weighted by Gasteiger charge is 2.22. The van der Waals surface area contributed by atoms with Crippen LogP contribution in [-0.2, 0) is 10.0 Å². The van der Waals surface area contributed by atoms with Crippen molar-refractivity contribution in [1.82, 2.24) is 10.2 Å². The second-order valence-electron chi connectivity index (χ2n) is 3.50. The molecule has 0 atom stereocenters. The SMILES string of the molecule is Nc1[nH]ncc1S(=O)(=O)Nc1c(F)cc(F)cc1Br. The summed E-state index contributed by atoms with van der Waals surface area (Å²) in [5, 5.41) is 5.70. The molecule has 2 aromatic rings. The second-order valence-corrected chi connectivity index (χ2v) is 6.00. The molecule has 0 unspecified atom stereocenters. The van der Waals surface area contributed by atoms with Crippen LogP contribution in [0.2, 0.25) is 0 Å². The van der Waals surface area contributed by atoms with Crippen molar-refractivity contribution in [1.29, 1.82) is 0 Å². The molecule has 0 bridgehead atoms. The van der Waals surface area contributed by atoms with E-state index in [1.54, 1.807) is 0 Å². The van der Waals surface area contributed by atoms with Gasteiger partial charge in [0, 0.05) is 10.5 Å². The van der Waals surface area contributed by atoms with Gasteiger partial charge in [-0.3, -0.25) is 9.82 Å². The molecule has 0 spiro atoms. The molecule has 0 aliphatic rings. The zero-order chi connectivity index (χ0) is 14.2. The maximum absolute atomic E-state index is 13.5. The van der Waals surface area contributed by atoms with Gasteiger partial charge < -0.3 is 5.73 Å². The smallest absolute Gasteiger partial charge is 0.267 e. The summed E-state index contributed by atoms with van der Waals surface area (Å²) in [7, 11) is -4.12. The van der Waals surface area contributed by atoms with Gasteiger partial charge in [-0.15, -0.1) is 0 Å². The first kappa shape index (κ1) is 13.7. The van der Waals surface area contributed by atoms with Crippen molar-refractivity contribution < 1.29 is 17.2 Å². The molecule has 1 aromatic carbocycles. The van der Waals surface area contributed by atoms with Gasteiger partial charge >= 0.3 is 0 Å². The molecule has 0 saturated heterocycles. The quantitative estimate of drug-likeness (QED) is 0.784. The summed E-state index contributed by atoms with van der Waals surface area (Å²) in [6, 6.07) is 1.49. The molecule has 0 fully saturated rings. The van der Waals surface area contributed by atoms with E-state index < -0.39 is 27.3 Å². The van der Waals surface area contributed by atoms with Gasteiger partial charge in [-0.2, -0.15) is 5.10 Å². The first-order valence-corrected chi connectivity index (χ1v) is 7.05. The standard InChI is InChI=1S/C9H7BrF2N4O2S/c10-5-1-4(11)2-6(12)8(5)16-19(17,18)7-3-14-15-9(7)13/h1-3,16H,(H3,13,14,15). The predicted molar refractivity (Wildman–Crippen MR) is 67.9 cm³/mol. The zero-order valence-corrected chi connectivity index (χ0v) is 11.5. The summed E-state index contributed by atoms with van der Waals surface area (Å²) in [5.41, 5.74) is 4.96. The highest BCUT2D eigenvalue weighted by Crippen LogP contribution is 2.29. The Balaban J connectivity index is 2.45. The number of benzene rings is 1. The number of nitrogens with two attached hydrogens (primary N) is 1. The van der Waals surface area contributed by atoms with Crippen LogP contribution in [0.1, 0.15) is 0 Å². The van der Waals surface area contributed by atoms with E-state index in [-0.39, 0.29) is 15.2 Å². The first-order chi connectivity index (χ1) is 8.81. The van der Waals surface area contributed by atoms with Crippen molar-refractivity contribution in [3.63, 3.8) is 0 Å². The number of nitrogen functional groups attached to an aromatic ring is 1. The van der Waals surface area contributed by atoms with Crippen LogP contribution in [0.3, 0.4) is 0 Å². The molecule has 1 heterocycles. The van der Waals surface area contributed by atoms with E-state index >= 15 is 0 Å². The lowest BCUT2D eigenvalue weighted by Gasteiger charge is -2.10. The van der Waals surface area contributed by atoms with Crippen molar-refractivity contribution in [2.24, 2.45) is 0 Å². The lowest BCUT2D eigenvalue weighted by molar-refractivity contribution is 0.581. The highest BCUT2D eigenvalue weighted by atomic mass is 79.9. The Bertz CT molecular complexity index is 709. The van der Waals surface area contributed by atoms with Crippen molar-refractivity contribution >= 4 is 37.5 Å². The Kier molecular flexibility index (Phi) is 3.45. The fraction of sp³-hybridized carbons (Fsp3) is 0. The first-order valence-electron chi connectivity index (χ1n) is 4.77. The van der Waals surface area contributed by atoms with E-state index in [0.717, 1.165) is 12.3 Å². The highest BCUT2D eigenvalue weighted by molar-refractivity contribution is 9.10. The summed E-state index contributed by atoms with van der Waals surface area (Å²) in [6.45, 7) is 0.